The highest BCUT2D eigenvalue weighted by molar-refractivity contribution is 6.00. The number of aryl methyl sites for hydroxylation is 1. The minimum absolute atomic E-state index is 0.00955. The fourth-order valence-electron chi connectivity index (χ4n) is 4.10. The van der Waals surface area contributed by atoms with Crippen molar-refractivity contribution in [1.29, 1.82) is 0 Å². The Labute approximate surface area is 200 Å². The van der Waals surface area contributed by atoms with Crippen LogP contribution < -0.4 is 0 Å². The molecule has 1 aromatic heterocycles. The fourth-order valence-corrected chi connectivity index (χ4v) is 4.10. The molecule has 2 aromatic carbocycles. The highest BCUT2D eigenvalue weighted by atomic mass is 19.1. The topological polar surface area (TPSA) is 71.7 Å². The Balaban J connectivity index is 1.89. The van der Waals surface area contributed by atoms with Crippen molar-refractivity contribution in [3.63, 3.8) is 0 Å². The van der Waals surface area contributed by atoms with Gasteiger partial charge in [0.15, 0.2) is 0 Å². The lowest BCUT2D eigenvalue weighted by atomic mass is 10.0. The van der Waals surface area contributed by atoms with E-state index < -0.39 is 23.8 Å². The van der Waals surface area contributed by atoms with Gasteiger partial charge in [-0.15, -0.1) is 0 Å². The number of hydrogen-bond donors (Lipinski definition) is 2. The molecule has 5 nitrogen and oxygen atoms in total. The molecule has 2 atom stereocenters. The normalized spacial score (nSPS) is 14.0. The summed E-state index contributed by atoms with van der Waals surface area (Å²) in [7, 11) is 0. The first-order valence-electron chi connectivity index (χ1n) is 11.7. The molecule has 0 saturated carbocycles. The van der Waals surface area contributed by atoms with Gasteiger partial charge in [-0.25, -0.2) is 4.39 Å². The van der Waals surface area contributed by atoms with Gasteiger partial charge < -0.3 is 19.5 Å². The van der Waals surface area contributed by atoms with Gasteiger partial charge in [0.2, 0.25) is 0 Å². The van der Waals surface area contributed by atoms with Crippen LogP contribution in [0, 0.1) is 5.82 Å². The van der Waals surface area contributed by atoms with Crippen LogP contribution in [0.15, 0.2) is 54.6 Å². The quantitative estimate of drug-likeness (QED) is 0.395. The van der Waals surface area contributed by atoms with E-state index in [1.165, 1.54) is 12.1 Å². The molecule has 0 spiro atoms. The Morgan fingerprint density at radius 3 is 2.44 bits per heavy atom. The number of halogens is 1. The predicted molar refractivity (Wildman–Crippen MR) is 134 cm³/mol. The molecule has 2 N–H and O–H groups in total. The van der Waals surface area contributed by atoms with E-state index in [1.807, 2.05) is 24.3 Å². The van der Waals surface area contributed by atoms with Crippen molar-refractivity contribution in [2.24, 2.45) is 0 Å². The second-order valence-corrected chi connectivity index (χ2v) is 9.54. The van der Waals surface area contributed by atoms with E-state index in [4.69, 9.17) is 4.74 Å². The van der Waals surface area contributed by atoms with Crippen LogP contribution in [0.4, 0.5) is 4.39 Å². The zero-order valence-corrected chi connectivity index (χ0v) is 20.3. The summed E-state index contributed by atoms with van der Waals surface area (Å²) >= 11 is 0. The van der Waals surface area contributed by atoms with Crippen LogP contribution in [0.25, 0.3) is 28.1 Å². The molecule has 0 radical (unpaired) electrons. The summed E-state index contributed by atoms with van der Waals surface area (Å²) < 4.78 is 21.0. The first-order chi connectivity index (χ1) is 16.1. The maximum atomic E-state index is 13.6. The standard InChI is InChI=1S/C28H34FNO4/c1-5-16-30-24-9-7-6-8-23(24)27(19-10-12-20(29)13-11-19)25(30)15-14-21(31)17-22(32)18-26(33)34-28(2,3)4/h6-15,21-22,31-32H,5,16-18H2,1-4H3/b15-14+/t21-,22-/m0/s1. The minimum Gasteiger partial charge on any atom is -0.460 e. The number of nitrogens with zero attached hydrogens (tertiary/aromatic N) is 1. The van der Waals surface area contributed by atoms with Gasteiger partial charge in [-0.2, -0.15) is 0 Å². The summed E-state index contributed by atoms with van der Waals surface area (Å²) in [4.78, 5) is 12.0. The Hall–Kier alpha value is -2.96. The van der Waals surface area contributed by atoms with E-state index in [9.17, 15) is 19.4 Å². The lowest BCUT2D eigenvalue weighted by Crippen LogP contribution is -2.27. The van der Waals surface area contributed by atoms with Gasteiger partial charge >= 0.3 is 5.97 Å². The van der Waals surface area contributed by atoms with E-state index in [2.05, 4.69) is 17.6 Å². The lowest BCUT2D eigenvalue weighted by molar-refractivity contribution is -0.157. The van der Waals surface area contributed by atoms with Crippen LogP contribution in [0.2, 0.25) is 0 Å². The smallest absolute Gasteiger partial charge is 0.308 e. The third-order valence-electron chi connectivity index (χ3n) is 5.40. The number of hydrogen-bond acceptors (Lipinski definition) is 4. The maximum absolute atomic E-state index is 13.6. The molecule has 0 fully saturated rings. The second kappa shape index (κ2) is 11.0. The molecular weight excluding hydrogens is 433 g/mol. The van der Waals surface area contributed by atoms with Gasteiger partial charge in [-0.05, 0) is 57.0 Å². The van der Waals surface area contributed by atoms with Crippen molar-refractivity contribution in [3.8, 4) is 11.1 Å². The number of fused-ring (bicyclic) bond motifs is 1. The first-order valence-corrected chi connectivity index (χ1v) is 11.7. The first kappa shape index (κ1) is 25.7. The minimum atomic E-state index is -1.02. The van der Waals surface area contributed by atoms with Crippen LogP contribution in [0.5, 0.6) is 0 Å². The fraction of sp³-hybridized carbons (Fsp3) is 0.393. The van der Waals surface area contributed by atoms with E-state index in [1.54, 1.807) is 39.0 Å². The number of esters is 1. The van der Waals surface area contributed by atoms with Crippen molar-refractivity contribution < 1.29 is 24.1 Å². The number of para-hydroxylation sites is 1. The summed E-state index contributed by atoms with van der Waals surface area (Å²) in [5.41, 5.74) is 3.17. The SMILES string of the molecule is CCCn1c(/C=C/[C@H](O)C[C@H](O)CC(=O)OC(C)(C)C)c(-c2ccc(F)cc2)c2ccccc21. The molecule has 0 amide bonds. The molecule has 0 unspecified atom stereocenters. The maximum Gasteiger partial charge on any atom is 0.308 e. The van der Waals surface area contributed by atoms with Gasteiger partial charge in [-0.1, -0.05) is 43.3 Å². The molecule has 182 valence electrons. The van der Waals surface area contributed by atoms with Gasteiger partial charge in [0.1, 0.15) is 11.4 Å². The molecule has 3 aromatic rings. The van der Waals surface area contributed by atoms with Gasteiger partial charge in [0.25, 0.3) is 0 Å². The monoisotopic (exact) mass is 467 g/mol. The Bertz CT molecular complexity index is 1140. The van der Waals surface area contributed by atoms with Crippen molar-refractivity contribution >= 4 is 22.9 Å². The van der Waals surface area contributed by atoms with E-state index in [0.717, 1.165) is 40.7 Å². The van der Waals surface area contributed by atoms with E-state index in [0.29, 0.717) is 0 Å². The average Bonchev–Trinajstić information content (AvgIpc) is 3.05. The molecule has 34 heavy (non-hydrogen) atoms. The molecule has 3 rings (SSSR count). The summed E-state index contributed by atoms with van der Waals surface area (Å²) in [6, 6.07) is 14.4. The average molecular weight is 468 g/mol. The number of benzene rings is 2. The Kier molecular flexibility index (Phi) is 8.28. The molecule has 1 heterocycles. The second-order valence-electron chi connectivity index (χ2n) is 9.54. The molecule has 0 bridgehead atoms. The predicted octanol–water partition coefficient (Wildman–Crippen LogP) is 5.71. The van der Waals surface area contributed by atoms with Crippen LogP contribution >= 0.6 is 0 Å². The molecular formula is C28H34FNO4. The highest BCUT2D eigenvalue weighted by Gasteiger charge is 2.21. The van der Waals surface area contributed by atoms with Crippen molar-refractivity contribution in [3.05, 3.63) is 66.1 Å². The number of aromatic nitrogens is 1. The zero-order chi connectivity index (χ0) is 24.9. The summed E-state index contributed by atoms with van der Waals surface area (Å²) in [5, 5.41) is 21.9. The summed E-state index contributed by atoms with van der Waals surface area (Å²) in [5.74, 6) is -0.801. The van der Waals surface area contributed by atoms with Gasteiger partial charge in [0.05, 0.1) is 18.6 Å². The van der Waals surface area contributed by atoms with E-state index in [-0.39, 0.29) is 18.7 Å². The Morgan fingerprint density at radius 2 is 1.79 bits per heavy atom. The number of aliphatic hydroxyl groups is 2. The van der Waals surface area contributed by atoms with Crippen molar-refractivity contribution in [2.75, 3.05) is 0 Å². The highest BCUT2D eigenvalue weighted by Crippen LogP contribution is 2.36. The largest absolute Gasteiger partial charge is 0.460 e. The third-order valence-corrected chi connectivity index (χ3v) is 5.40. The van der Waals surface area contributed by atoms with Crippen LogP contribution in [-0.4, -0.2) is 38.6 Å². The number of ether oxygens (including phenoxy) is 1. The number of carbonyl (C=O) groups excluding carboxylic acids is 1. The van der Waals surface area contributed by atoms with E-state index >= 15 is 0 Å². The van der Waals surface area contributed by atoms with Crippen molar-refractivity contribution in [1.82, 2.24) is 4.57 Å². The molecule has 0 aliphatic rings. The number of carbonyl (C=O) groups is 1. The lowest BCUT2D eigenvalue weighted by Gasteiger charge is -2.21. The Morgan fingerprint density at radius 1 is 1.12 bits per heavy atom. The zero-order valence-electron chi connectivity index (χ0n) is 20.3. The van der Waals surface area contributed by atoms with Gasteiger partial charge in [-0.3, -0.25) is 4.79 Å². The summed E-state index contributed by atoms with van der Waals surface area (Å²) in [6.45, 7) is 8.18. The van der Waals surface area contributed by atoms with Crippen LogP contribution in [-0.2, 0) is 16.1 Å². The van der Waals surface area contributed by atoms with Crippen LogP contribution in [0.3, 0.4) is 0 Å². The molecule has 0 saturated heterocycles. The third kappa shape index (κ3) is 6.55. The molecule has 0 aliphatic carbocycles. The van der Waals surface area contributed by atoms with Crippen molar-refractivity contribution in [2.45, 2.75) is 71.3 Å². The van der Waals surface area contributed by atoms with Crippen LogP contribution in [0.1, 0.15) is 52.7 Å². The summed E-state index contributed by atoms with van der Waals surface area (Å²) in [6.07, 6.45) is 2.25. The molecule has 6 heteroatoms. The number of aliphatic hydroxyl groups excluding tert-OH is 2. The molecule has 0 aliphatic heterocycles. The number of rotatable bonds is 9. The van der Waals surface area contributed by atoms with Gasteiger partial charge in [0, 0.05) is 35.1 Å².